The summed E-state index contributed by atoms with van der Waals surface area (Å²) in [6, 6.07) is 6.10. The maximum absolute atomic E-state index is 11.9. The third-order valence-corrected chi connectivity index (χ3v) is 8.50. The van der Waals surface area contributed by atoms with Gasteiger partial charge in [0.15, 0.2) is 11.5 Å². The van der Waals surface area contributed by atoms with Crippen LogP contribution in [0.25, 0.3) is 6.08 Å². The number of nitrogens with one attached hydrogen (secondary N) is 1. The van der Waals surface area contributed by atoms with Crippen molar-refractivity contribution in [2.45, 2.75) is 58.9 Å². The number of benzene rings is 1. The lowest BCUT2D eigenvalue weighted by Gasteiger charge is -2.28. The summed E-state index contributed by atoms with van der Waals surface area (Å²) in [5, 5.41) is 2.78. The van der Waals surface area contributed by atoms with Gasteiger partial charge in [-0.2, -0.15) is 0 Å². The molecule has 38 heavy (non-hydrogen) atoms. The van der Waals surface area contributed by atoms with Crippen molar-refractivity contribution >= 4 is 26.9 Å². The molecular weight excluding hydrogens is 510 g/mol. The summed E-state index contributed by atoms with van der Waals surface area (Å²) in [6.07, 6.45) is 6.81. The molecule has 0 saturated carbocycles. The van der Waals surface area contributed by atoms with E-state index < -0.39 is 20.9 Å². The predicted molar refractivity (Wildman–Crippen MR) is 147 cm³/mol. The van der Waals surface area contributed by atoms with Crippen LogP contribution in [0.15, 0.2) is 24.3 Å². The van der Waals surface area contributed by atoms with E-state index in [-0.39, 0.29) is 0 Å². The minimum absolute atomic E-state index is 0.372. The van der Waals surface area contributed by atoms with Crippen molar-refractivity contribution in [2.75, 3.05) is 53.8 Å². The van der Waals surface area contributed by atoms with Crippen molar-refractivity contribution in [2.24, 2.45) is 0 Å². The Morgan fingerprint density at radius 1 is 0.868 bits per heavy atom. The van der Waals surface area contributed by atoms with Gasteiger partial charge in [-0.3, -0.25) is 0 Å². The molecule has 10 nitrogen and oxygen atoms in total. The van der Waals surface area contributed by atoms with Gasteiger partial charge >= 0.3 is 20.9 Å². The Balaban J connectivity index is 2.19. The van der Waals surface area contributed by atoms with Crippen molar-refractivity contribution in [1.82, 2.24) is 5.32 Å². The molecule has 216 valence electrons. The lowest BCUT2D eigenvalue weighted by Crippen LogP contribution is -2.46. The molecule has 0 unspecified atom stereocenters. The van der Waals surface area contributed by atoms with Crippen LogP contribution in [0.1, 0.15) is 58.4 Å². The number of amides is 1. The van der Waals surface area contributed by atoms with Crippen LogP contribution >= 0.6 is 0 Å². The first kappa shape index (κ1) is 33.4. The van der Waals surface area contributed by atoms with Crippen LogP contribution in [-0.4, -0.2) is 74.7 Å². The van der Waals surface area contributed by atoms with E-state index in [2.05, 4.69) is 10.1 Å². The van der Waals surface area contributed by atoms with Gasteiger partial charge in [0.05, 0.1) is 27.4 Å². The first-order valence-corrected chi connectivity index (χ1v) is 15.3. The molecule has 0 aliphatic heterocycles. The number of alkyl carbamates (subject to hydrolysis) is 1. The molecule has 0 spiro atoms. The summed E-state index contributed by atoms with van der Waals surface area (Å²) in [4.78, 5) is 23.2. The first-order valence-electron chi connectivity index (χ1n) is 13.3. The van der Waals surface area contributed by atoms with Crippen molar-refractivity contribution in [3.8, 4) is 11.5 Å². The number of hydrogen-bond acceptors (Lipinski definition) is 9. The van der Waals surface area contributed by atoms with Gasteiger partial charge in [-0.05, 0) is 76.6 Å². The van der Waals surface area contributed by atoms with E-state index in [0.717, 1.165) is 31.2 Å². The summed E-state index contributed by atoms with van der Waals surface area (Å²) < 4.78 is 38.5. The van der Waals surface area contributed by atoms with Gasteiger partial charge in [-0.1, -0.05) is 6.07 Å². The zero-order valence-corrected chi connectivity index (χ0v) is 24.5. The number of esters is 1. The van der Waals surface area contributed by atoms with Crippen molar-refractivity contribution in [3.05, 3.63) is 29.8 Å². The highest BCUT2D eigenvalue weighted by atomic mass is 28.4. The van der Waals surface area contributed by atoms with Gasteiger partial charge in [-0.15, -0.1) is 0 Å². The Kier molecular flexibility index (Phi) is 17.9. The average molecular weight is 556 g/mol. The third kappa shape index (κ3) is 13.8. The predicted octanol–water partition coefficient (Wildman–Crippen LogP) is 4.99. The number of carbonyl (C=O) groups excluding carboxylic acids is 2. The second-order valence-corrected chi connectivity index (χ2v) is 10.9. The van der Waals surface area contributed by atoms with E-state index >= 15 is 0 Å². The molecule has 0 aromatic heterocycles. The lowest BCUT2D eigenvalue weighted by atomic mass is 10.2. The van der Waals surface area contributed by atoms with E-state index in [1.165, 1.54) is 13.2 Å². The molecular formula is C27H45NO9Si. The molecule has 0 atom stereocenters. The van der Waals surface area contributed by atoms with Gasteiger partial charge in [0.2, 0.25) is 0 Å². The van der Waals surface area contributed by atoms with Crippen molar-refractivity contribution < 1.29 is 41.8 Å². The first-order chi connectivity index (χ1) is 18.4. The number of carbonyl (C=O) groups is 2. The number of unbranched alkanes of at least 4 members (excludes halogenated alkanes) is 3. The second-order valence-electron chi connectivity index (χ2n) is 8.18. The molecule has 1 rings (SSSR count). The maximum Gasteiger partial charge on any atom is 0.500 e. The fourth-order valence-electron chi connectivity index (χ4n) is 3.59. The summed E-state index contributed by atoms with van der Waals surface area (Å²) in [5.74, 6) is 0.821. The Morgan fingerprint density at radius 3 is 2.13 bits per heavy atom. The highest BCUT2D eigenvalue weighted by Crippen LogP contribution is 2.29. The Bertz CT molecular complexity index is 818. The zero-order chi connectivity index (χ0) is 28.1. The second kappa shape index (κ2) is 20.4. The molecule has 0 fully saturated rings. The lowest BCUT2D eigenvalue weighted by molar-refractivity contribution is -0.134. The third-order valence-electron chi connectivity index (χ3n) is 5.35. The SMILES string of the molecule is CCO[Si](CCCNC(=O)OCCCCCCOc1ccc(/C=C/C(=O)OC)cc1OC)(OCC)OCC. The van der Waals surface area contributed by atoms with Gasteiger partial charge in [0, 0.05) is 38.5 Å². The Labute approximate surface area is 228 Å². The van der Waals surface area contributed by atoms with Gasteiger partial charge in [0.1, 0.15) is 0 Å². The van der Waals surface area contributed by atoms with E-state index in [1.807, 2.05) is 32.9 Å². The molecule has 0 aliphatic rings. The van der Waals surface area contributed by atoms with E-state index in [1.54, 1.807) is 19.3 Å². The fourth-order valence-corrected chi connectivity index (χ4v) is 6.20. The Hall–Kier alpha value is -2.60. The monoisotopic (exact) mass is 555 g/mol. The standard InChI is InChI=1S/C27H45NO9Si/c1-6-35-38(36-7-2,37-8-3)21-13-18-28-27(30)34-20-12-10-9-11-19-33-24-16-14-23(22-25(24)31-4)15-17-26(29)32-5/h14-17,22H,6-13,18-21H2,1-5H3,(H,28,30)/b17-15+. The average Bonchev–Trinajstić information content (AvgIpc) is 2.92. The molecule has 1 N–H and O–H groups in total. The molecule has 0 heterocycles. The van der Waals surface area contributed by atoms with Crippen LogP contribution in [0.3, 0.4) is 0 Å². The molecule has 0 aliphatic carbocycles. The highest BCUT2D eigenvalue weighted by Gasteiger charge is 2.39. The van der Waals surface area contributed by atoms with Crippen LogP contribution in [0, 0.1) is 0 Å². The smallest absolute Gasteiger partial charge is 0.493 e. The van der Waals surface area contributed by atoms with Crippen LogP contribution in [0.4, 0.5) is 4.79 Å². The largest absolute Gasteiger partial charge is 0.500 e. The van der Waals surface area contributed by atoms with Crippen molar-refractivity contribution in [1.29, 1.82) is 0 Å². The quantitative estimate of drug-likeness (QED) is 0.0971. The molecule has 1 aromatic rings. The molecule has 1 aromatic carbocycles. The van der Waals surface area contributed by atoms with E-state index in [9.17, 15) is 9.59 Å². The van der Waals surface area contributed by atoms with Crippen molar-refractivity contribution in [3.63, 3.8) is 0 Å². The molecule has 0 saturated heterocycles. The molecule has 0 bridgehead atoms. The minimum atomic E-state index is -2.68. The highest BCUT2D eigenvalue weighted by molar-refractivity contribution is 6.60. The van der Waals surface area contributed by atoms with Crippen LogP contribution < -0.4 is 14.8 Å². The number of hydrogen-bond donors (Lipinski definition) is 1. The van der Waals surface area contributed by atoms with Gasteiger partial charge in [-0.25, -0.2) is 9.59 Å². The maximum atomic E-state index is 11.9. The fraction of sp³-hybridized carbons (Fsp3) is 0.630. The van der Waals surface area contributed by atoms with Crippen LogP contribution in [0.5, 0.6) is 11.5 Å². The van der Waals surface area contributed by atoms with Gasteiger partial charge in [0.25, 0.3) is 0 Å². The summed E-state index contributed by atoms with van der Waals surface area (Å²) >= 11 is 0. The normalized spacial score (nSPS) is 11.4. The Morgan fingerprint density at radius 2 is 1.53 bits per heavy atom. The zero-order valence-electron chi connectivity index (χ0n) is 23.5. The van der Waals surface area contributed by atoms with Crippen LogP contribution in [0.2, 0.25) is 6.04 Å². The minimum Gasteiger partial charge on any atom is -0.493 e. The number of methoxy groups -OCH3 is 2. The molecule has 11 heteroatoms. The summed E-state index contributed by atoms with van der Waals surface area (Å²) in [6.45, 7) is 8.77. The van der Waals surface area contributed by atoms with E-state index in [0.29, 0.717) is 63.5 Å². The summed E-state index contributed by atoms with van der Waals surface area (Å²) in [7, 11) is 0.225. The van der Waals surface area contributed by atoms with Crippen LogP contribution in [-0.2, 0) is 27.5 Å². The summed E-state index contributed by atoms with van der Waals surface area (Å²) in [5.41, 5.74) is 0.806. The number of ether oxygens (including phenoxy) is 4. The number of rotatable bonds is 21. The molecule has 0 radical (unpaired) electrons. The van der Waals surface area contributed by atoms with Gasteiger partial charge < -0.3 is 37.5 Å². The van der Waals surface area contributed by atoms with E-state index in [4.69, 9.17) is 27.5 Å². The topological polar surface area (TPSA) is 111 Å². The molecule has 1 amide bonds.